The topological polar surface area (TPSA) is 31.0 Å². The van der Waals surface area contributed by atoms with Gasteiger partial charge in [0.1, 0.15) is 24.2 Å². The van der Waals surface area contributed by atoms with Crippen LogP contribution in [0.15, 0.2) is 36.4 Å². The molecule has 1 saturated heterocycles. The second kappa shape index (κ2) is 7.14. The van der Waals surface area contributed by atoms with Crippen LogP contribution in [0.4, 0.5) is 0 Å². The van der Waals surface area contributed by atoms with Crippen LogP contribution in [0.3, 0.4) is 0 Å². The monoisotopic (exact) mass is 350 g/mol. The van der Waals surface area contributed by atoms with E-state index >= 15 is 0 Å². The van der Waals surface area contributed by atoms with Gasteiger partial charge in [0.2, 0.25) is 0 Å². The first kappa shape index (κ1) is 14.7. The molecule has 0 saturated carbocycles. The number of benzene rings is 2. The average Bonchev–Trinajstić information content (AvgIpc) is 3.34. The van der Waals surface area contributed by atoms with Gasteiger partial charge in [-0.2, -0.15) is 0 Å². The number of hydrogen-bond donors (Lipinski definition) is 0. The molecule has 1 heterocycles. The van der Waals surface area contributed by atoms with Gasteiger partial charge >= 0.3 is 0 Å². The van der Waals surface area contributed by atoms with Crippen LogP contribution in [-0.2, 0) is 4.74 Å². The fourth-order valence-electron chi connectivity index (χ4n) is 2.23. The molecule has 1 fully saturated rings. The number of halogens is 1. The molecule has 1 aliphatic heterocycles. The maximum absolute atomic E-state index is 5.91. The molecule has 1 unspecified atom stereocenters. The lowest BCUT2D eigenvalue weighted by Crippen LogP contribution is -2.04. The molecule has 4 heteroatoms. The van der Waals surface area contributed by atoms with Crippen LogP contribution < -0.4 is 9.47 Å². The Kier molecular flexibility index (Phi) is 4.99. The maximum atomic E-state index is 5.91. The minimum absolute atomic E-state index is 0.268. The smallest absolute Gasteiger partial charge is 0.127 e. The summed E-state index contributed by atoms with van der Waals surface area (Å²) in [6, 6.07) is 12.2. The number of alkyl halides is 1. The van der Waals surface area contributed by atoms with Crippen LogP contribution in [-0.4, -0.2) is 31.3 Å². The number of fused-ring (bicyclic) bond motifs is 1. The summed E-state index contributed by atoms with van der Waals surface area (Å²) >= 11 is 3.44. The highest BCUT2D eigenvalue weighted by atomic mass is 79.9. The van der Waals surface area contributed by atoms with Gasteiger partial charge in [-0.3, -0.25) is 0 Å². The molecule has 0 bridgehead atoms. The van der Waals surface area contributed by atoms with Crippen molar-refractivity contribution in [2.24, 2.45) is 0 Å². The number of epoxide rings is 1. The predicted molar refractivity (Wildman–Crippen MR) is 87.7 cm³/mol. The molecule has 1 atom stereocenters. The van der Waals surface area contributed by atoms with Crippen LogP contribution in [0.25, 0.3) is 10.8 Å². The van der Waals surface area contributed by atoms with Crippen molar-refractivity contribution in [1.29, 1.82) is 0 Å². The molecular formula is C17H19BrO3. The molecule has 3 rings (SSSR count). The Labute approximate surface area is 133 Å². The van der Waals surface area contributed by atoms with Crippen molar-refractivity contribution in [3.63, 3.8) is 0 Å². The van der Waals surface area contributed by atoms with Crippen molar-refractivity contribution in [3.8, 4) is 11.5 Å². The summed E-state index contributed by atoms with van der Waals surface area (Å²) in [7, 11) is 0. The summed E-state index contributed by atoms with van der Waals surface area (Å²) in [5, 5.41) is 3.22. The molecule has 0 spiro atoms. The van der Waals surface area contributed by atoms with E-state index in [1.165, 1.54) is 0 Å². The second-order valence-electron chi connectivity index (χ2n) is 5.12. The summed E-state index contributed by atoms with van der Waals surface area (Å²) in [5.74, 6) is 1.82. The number of rotatable bonds is 8. The van der Waals surface area contributed by atoms with Crippen molar-refractivity contribution >= 4 is 26.7 Å². The summed E-state index contributed by atoms with van der Waals surface area (Å²) in [6.07, 6.45) is 2.45. The van der Waals surface area contributed by atoms with E-state index in [4.69, 9.17) is 14.2 Å². The number of unbranched alkanes of at least 4 members (excludes halogenated alkanes) is 1. The number of hydrogen-bond acceptors (Lipinski definition) is 3. The molecule has 0 amide bonds. The Bertz CT molecular complexity index is 596. The zero-order valence-electron chi connectivity index (χ0n) is 11.9. The Morgan fingerprint density at radius 1 is 1.00 bits per heavy atom. The highest BCUT2D eigenvalue weighted by Crippen LogP contribution is 2.32. The first-order valence-electron chi connectivity index (χ1n) is 7.33. The van der Waals surface area contributed by atoms with Crippen LogP contribution in [0.1, 0.15) is 12.8 Å². The van der Waals surface area contributed by atoms with Crippen molar-refractivity contribution < 1.29 is 14.2 Å². The van der Waals surface area contributed by atoms with Gasteiger partial charge in [-0.1, -0.05) is 40.2 Å². The lowest BCUT2D eigenvalue weighted by atomic mass is 10.1. The fraction of sp³-hybridized carbons (Fsp3) is 0.412. The largest absolute Gasteiger partial charge is 0.493 e. The summed E-state index contributed by atoms with van der Waals surface area (Å²) < 4.78 is 17.0. The van der Waals surface area contributed by atoms with E-state index in [-0.39, 0.29) is 6.10 Å². The van der Waals surface area contributed by atoms with E-state index in [2.05, 4.69) is 28.1 Å². The third kappa shape index (κ3) is 3.89. The molecule has 2 aromatic rings. The molecule has 1 aliphatic rings. The Hall–Kier alpha value is -1.26. The molecule has 21 heavy (non-hydrogen) atoms. The van der Waals surface area contributed by atoms with Gasteiger partial charge in [0.15, 0.2) is 0 Å². The molecular weight excluding hydrogens is 332 g/mol. The molecule has 0 aromatic heterocycles. The highest BCUT2D eigenvalue weighted by molar-refractivity contribution is 9.09. The van der Waals surface area contributed by atoms with Crippen LogP contribution in [0.5, 0.6) is 11.5 Å². The van der Waals surface area contributed by atoms with E-state index in [1.54, 1.807) is 0 Å². The van der Waals surface area contributed by atoms with Crippen molar-refractivity contribution in [2.75, 3.05) is 25.2 Å². The molecule has 0 radical (unpaired) electrons. The van der Waals surface area contributed by atoms with Gasteiger partial charge in [0.25, 0.3) is 0 Å². The normalized spacial score (nSPS) is 16.9. The third-order valence-corrected chi connectivity index (χ3v) is 4.02. The zero-order chi connectivity index (χ0) is 14.5. The molecule has 112 valence electrons. The zero-order valence-corrected chi connectivity index (χ0v) is 13.5. The van der Waals surface area contributed by atoms with Crippen LogP contribution in [0, 0.1) is 0 Å². The lowest BCUT2D eigenvalue weighted by molar-refractivity contribution is 0.265. The summed E-state index contributed by atoms with van der Waals surface area (Å²) in [6.45, 7) is 2.17. The molecule has 2 aromatic carbocycles. The van der Waals surface area contributed by atoms with Gasteiger partial charge in [0, 0.05) is 16.1 Å². The SMILES string of the molecule is BrCCCCOc1cccc2c(OCC3CO3)cccc12. The average molecular weight is 351 g/mol. The van der Waals surface area contributed by atoms with E-state index in [1.807, 2.05) is 24.3 Å². The third-order valence-electron chi connectivity index (χ3n) is 3.45. The number of ether oxygens (including phenoxy) is 3. The van der Waals surface area contributed by atoms with Crippen LogP contribution >= 0.6 is 15.9 Å². The van der Waals surface area contributed by atoms with Gasteiger partial charge in [-0.25, -0.2) is 0 Å². The fourth-order valence-corrected chi connectivity index (χ4v) is 2.63. The molecule has 3 nitrogen and oxygen atoms in total. The standard InChI is InChI=1S/C17H19BrO3/c18-9-1-2-10-19-16-7-3-6-15-14(16)5-4-8-17(15)21-12-13-11-20-13/h3-8,13H,1-2,9-12H2. The quantitative estimate of drug-likeness (QED) is 0.406. The Morgan fingerprint density at radius 3 is 2.29 bits per heavy atom. The van der Waals surface area contributed by atoms with Gasteiger partial charge < -0.3 is 14.2 Å². The minimum atomic E-state index is 0.268. The molecule has 0 N–H and O–H groups in total. The van der Waals surface area contributed by atoms with E-state index in [0.717, 1.165) is 53.7 Å². The van der Waals surface area contributed by atoms with E-state index in [9.17, 15) is 0 Å². The van der Waals surface area contributed by atoms with Crippen molar-refractivity contribution in [2.45, 2.75) is 18.9 Å². The lowest BCUT2D eigenvalue weighted by Gasteiger charge is -2.12. The predicted octanol–water partition coefficient (Wildman–Crippen LogP) is 4.17. The van der Waals surface area contributed by atoms with Gasteiger partial charge in [-0.15, -0.1) is 0 Å². The Balaban J connectivity index is 1.76. The highest BCUT2D eigenvalue weighted by Gasteiger charge is 2.23. The minimum Gasteiger partial charge on any atom is -0.493 e. The first-order valence-corrected chi connectivity index (χ1v) is 8.45. The second-order valence-corrected chi connectivity index (χ2v) is 5.91. The van der Waals surface area contributed by atoms with Crippen LogP contribution in [0.2, 0.25) is 0 Å². The van der Waals surface area contributed by atoms with Crippen molar-refractivity contribution in [1.82, 2.24) is 0 Å². The van der Waals surface area contributed by atoms with Gasteiger partial charge in [-0.05, 0) is 25.0 Å². The molecule has 0 aliphatic carbocycles. The van der Waals surface area contributed by atoms with E-state index < -0.39 is 0 Å². The first-order chi connectivity index (χ1) is 10.4. The summed E-state index contributed by atoms with van der Waals surface area (Å²) in [4.78, 5) is 0. The maximum Gasteiger partial charge on any atom is 0.127 e. The van der Waals surface area contributed by atoms with E-state index in [0.29, 0.717) is 6.61 Å². The van der Waals surface area contributed by atoms with Crippen molar-refractivity contribution in [3.05, 3.63) is 36.4 Å². The summed E-state index contributed by atoms with van der Waals surface area (Å²) in [5.41, 5.74) is 0. The Morgan fingerprint density at radius 2 is 1.67 bits per heavy atom. The van der Waals surface area contributed by atoms with Gasteiger partial charge in [0.05, 0.1) is 13.2 Å².